The van der Waals surface area contributed by atoms with Crippen molar-refractivity contribution in [3.63, 3.8) is 0 Å². The predicted molar refractivity (Wildman–Crippen MR) is 150 cm³/mol. The van der Waals surface area contributed by atoms with E-state index in [1.807, 2.05) is 84.9 Å². The van der Waals surface area contributed by atoms with Crippen molar-refractivity contribution >= 4 is 29.4 Å². The normalized spacial score (nSPS) is 13.6. The first-order chi connectivity index (χ1) is 18.6. The van der Waals surface area contributed by atoms with E-state index in [9.17, 15) is 9.67 Å². The minimum atomic E-state index is -4.24. The standard InChI is InChI=1S/C32H21O5P/c33-27-15-7-5-13-25(27)26-14-6-8-16-28(26)35-38(34)36-29-19-17-21-9-1-3-11-23(21)31(29)32-24-12-4-2-10-22(24)18-20-30(32)37-38/h1-20,33H. The molecule has 6 aromatic carbocycles. The number of para-hydroxylation sites is 2. The molecular weight excluding hydrogens is 495 g/mol. The van der Waals surface area contributed by atoms with Gasteiger partial charge < -0.3 is 18.7 Å². The Morgan fingerprint density at radius 1 is 0.553 bits per heavy atom. The Bertz CT molecular complexity index is 1820. The zero-order valence-electron chi connectivity index (χ0n) is 20.1. The Kier molecular flexibility index (Phi) is 5.14. The lowest BCUT2D eigenvalue weighted by atomic mass is 9.92. The van der Waals surface area contributed by atoms with Crippen LogP contribution in [0.5, 0.6) is 23.0 Å². The zero-order valence-corrected chi connectivity index (χ0v) is 21.0. The van der Waals surface area contributed by atoms with Crippen LogP contribution in [0.2, 0.25) is 0 Å². The monoisotopic (exact) mass is 516 g/mol. The predicted octanol–water partition coefficient (Wildman–Crippen LogP) is 8.99. The average molecular weight is 516 g/mol. The lowest BCUT2D eigenvalue weighted by molar-refractivity contribution is 0.302. The van der Waals surface area contributed by atoms with Crippen LogP contribution in [0.25, 0.3) is 43.8 Å². The molecule has 0 fully saturated rings. The van der Waals surface area contributed by atoms with E-state index in [1.54, 1.807) is 36.4 Å². The smallest absolute Gasteiger partial charge is 0.507 e. The van der Waals surface area contributed by atoms with Gasteiger partial charge in [-0.1, -0.05) is 97.1 Å². The highest BCUT2D eigenvalue weighted by Gasteiger charge is 2.39. The van der Waals surface area contributed by atoms with Gasteiger partial charge in [0.1, 0.15) is 23.0 Å². The van der Waals surface area contributed by atoms with Crippen LogP contribution < -0.4 is 13.6 Å². The van der Waals surface area contributed by atoms with Crippen molar-refractivity contribution in [2.45, 2.75) is 0 Å². The minimum Gasteiger partial charge on any atom is -0.507 e. The Labute approximate surface area is 219 Å². The van der Waals surface area contributed by atoms with Crippen LogP contribution in [0.4, 0.5) is 0 Å². The molecule has 0 bridgehead atoms. The first-order valence-electron chi connectivity index (χ1n) is 12.2. The molecule has 0 radical (unpaired) electrons. The number of hydrogen-bond donors (Lipinski definition) is 1. The Morgan fingerprint density at radius 3 is 1.66 bits per heavy atom. The van der Waals surface area contributed by atoms with Gasteiger partial charge in [0.05, 0.1) is 0 Å². The first kappa shape index (κ1) is 22.5. The van der Waals surface area contributed by atoms with Crippen molar-refractivity contribution in [2.24, 2.45) is 0 Å². The summed E-state index contributed by atoms with van der Waals surface area (Å²) in [4.78, 5) is 0. The number of rotatable bonds is 3. The number of phenols is 1. The molecule has 6 aromatic rings. The highest BCUT2D eigenvalue weighted by molar-refractivity contribution is 7.49. The minimum absolute atomic E-state index is 0.0816. The summed E-state index contributed by atoms with van der Waals surface area (Å²) in [5.74, 6) is 1.16. The van der Waals surface area contributed by atoms with Gasteiger partial charge in [-0.25, -0.2) is 0 Å². The maximum atomic E-state index is 14.4. The molecule has 1 N–H and O–H groups in total. The Hall–Kier alpha value is -4.73. The lowest BCUT2D eigenvalue weighted by Gasteiger charge is -2.20. The number of benzene rings is 6. The molecule has 5 nitrogen and oxygen atoms in total. The molecule has 0 spiro atoms. The molecule has 0 atom stereocenters. The molecule has 0 aliphatic carbocycles. The fraction of sp³-hybridized carbons (Fsp3) is 0. The molecule has 0 amide bonds. The molecular formula is C32H21O5P. The summed E-state index contributed by atoms with van der Waals surface area (Å²) >= 11 is 0. The van der Waals surface area contributed by atoms with Crippen LogP contribution in [0.3, 0.4) is 0 Å². The van der Waals surface area contributed by atoms with Gasteiger partial charge in [-0.2, -0.15) is 4.57 Å². The van der Waals surface area contributed by atoms with Gasteiger partial charge in [-0.3, -0.25) is 0 Å². The molecule has 1 aliphatic heterocycles. The summed E-state index contributed by atoms with van der Waals surface area (Å²) in [6.07, 6.45) is 0. The van der Waals surface area contributed by atoms with Crippen LogP contribution in [0.1, 0.15) is 0 Å². The summed E-state index contributed by atoms with van der Waals surface area (Å²) in [7, 11) is -4.24. The van der Waals surface area contributed by atoms with E-state index in [-0.39, 0.29) is 11.5 Å². The van der Waals surface area contributed by atoms with Crippen molar-refractivity contribution in [1.82, 2.24) is 0 Å². The van der Waals surface area contributed by atoms with Crippen LogP contribution in [0, 0.1) is 0 Å². The lowest BCUT2D eigenvalue weighted by Crippen LogP contribution is -2.07. The van der Waals surface area contributed by atoms with E-state index in [1.165, 1.54) is 0 Å². The highest BCUT2D eigenvalue weighted by Crippen LogP contribution is 2.59. The SMILES string of the molecule is O=P1(Oc2ccccc2-c2ccccc2O)Oc2ccc3ccccc3c2-c2c(ccc3ccccc23)O1. The van der Waals surface area contributed by atoms with Crippen molar-refractivity contribution < 1.29 is 23.2 Å². The first-order valence-corrected chi connectivity index (χ1v) is 13.7. The number of fused-ring (bicyclic) bond motifs is 7. The molecule has 0 unspecified atom stereocenters. The van der Waals surface area contributed by atoms with Gasteiger partial charge in [-0.05, 0) is 45.8 Å². The molecule has 1 aliphatic rings. The molecule has 6 heteroatoms. The second-order valence-corrected chi connectivity index (χ2v) is 10.5. The van der Waals surface area contributed by atoms with Gasteiger partial charge in [0, 0.05) is 22.3 Å². The topological polar surface area (TPSA) is 65.0 Å². The largest absolute Gasteiger partial charge is 0.647 e. The van der Waals surface area contributed by atoms with E-state index in [4.69, 9.17) is 13.6 Å². The number of phosphoric ester groups is 1. The second kappa shape index (κ2) is 8.69. The summed E-state index contributed by atoms with van der Waals surface area (Å²) in [6.45, 7) is 0. The second-order valence-electron chi connectivity index (χ2n) is 9.05. The van der Waals surface area contributed by atoms with Crippen molar-refractivity contribution in [1.29, 1.82) is 0 Å². The van der Waals surface area contributed by atoms with E-state index in [2.05, 4.69) is 0 Å². The van der Waals surface area contributed by atoms with Crippen molar-refractivity contribution in [2.75, 3.05) is 0 Å². The molecule has 1 heterocycles. The average Bonchev–Trinajstić information content (AvgIpc) is 3.07. The van der Waals surface area contributed by atoms with E-state index in [0.717, 1.165) is 32.7 Å². The van der Waals surface area contributed by atoms with Gasteiger partial charge in [-0.15, -0.1) is 0 Å². The molecule has 38 heavy (non-hydrogen) atoms. The van der Waals surface area contributed by atoms with Gasteiger partial charge in [0.2, 0.25) is 0 Å². The van der Waals surface area contributed by atoms with Gasteiger partial charge >= 0.3 is 7.82 Å². The third kappa shape index (κ3) is 3.68. The van der Waals surface area contributed by atoms with Crippen LogP contribution in [-0.4, -0.2) is 5.11 Å². The molecule has 0 aromatic heterocycles. The maximum absolute atomic E-state index is 14.4. The third-order valence-corrected chi connectivity index (χ3v) is 8.00. The van der Waals surface area contributed by atoms with Crippen LogP contribution >= 0.6 is 7.82 Å². The summed E-state index contributed by atoms with van der Waals surface area (Å²) < 4.78 is 32.8. The van der Waals surface area contributed by atoms with Gasteiger partial charge in [0.25, 0.3) is 0 Å². The van der Waals surface area contributed by atoms with Crippen LogP contribution in [-0.2, 0) is 4.57 Å². The number of phenolic OH excluding ortho intramolecular Hbond substituents is 1. The Morgan fingerprint density at radius 2 is 1.05 bits per heavy atom. The van der Waals surface area contributed by atoms with E-state index >= 15 is 0 Å². The quantitative estimate of drug-likeness (QED) is 0.238. The van der Waals surface area contributed by atoms with Gasteiger partial charge in [0.15, 0.2) is 0 Å². The molecule has 0 saturated carbocycles. The molecule has 0 saturated heterocycles. The van der Waals surface area contributed by atoms with E-state index < -0.39 is 7.82 Å². The zero-order chi connectivity index (χ0) is 25.7. The molecule has 184 valence electrons. The highest BCUT2D eigenvalue weighted by atomic mass is 31.2. The summed E-state index contributed by atoms with van der Waals surface area (Å²) in [5.41, 5.74) is 2.70. The van der Waals surface area contributed by atoms with Crippen molar-refractivity contribution in [3.05, 3.63) is 121 Å². The van der Waals surface area contributed by atoms with E-state index in [0.29, 0.717) is 22.6 Å². The van der Waals surface area contributed by atoms with Crippen molar-refractivity contribution in [3.8, 4) is 45.3 Å². The third-order valence-electron chi connectivity index (χ3n) is 6.74. The number of hydrogen-bond acceptors (Lipinski definition) is 5. The summed E-state index contributed by atoms with van der Waals surface area (Å²) in [6, 6.07) is 37.5. The van der Waals surface area contributed by atoms with Crippen LogP contribution in [0.15, 0.2) is 121 Å². The maximum Gasteiger partial charge on any atom is 0.647 e. The number of aromatic hydroxyl groups is 1. The fourth-order valence-electron chi connectivity index (χ4n) is 5.06. The summed E-state index contributed by atoms with van der Waals surface area (Å²) in [5, 5.41) is 14.4. The number of phosphoric acid groups is 1. The molecule has 7 rings (SSSR count). The Balaban J connectivity index is 1.44. The fourth-order valence-corrected chi connectivity index (χ4v) is 6.36.